The van der Waals surface area contributed by atoms with Crippen molar-refractivity contribution in [2.45, 2.75) is 56.7 Å². The highest BCUT2D eigenvalue weighted by Gasteiger charge is 2.44. The molecule has 156 valence electrons. The highest BCUT2D eigenvalue weighted by Crippen LogP contribution is 2.40. The van der Waals surface area contributed by atoms with Gasteiger partial charge in [0.25, 0.3) is 0 Å². The molecule has 2 N–H and O–H groups in total. The summed E-state index contributed by atoms with van der Waals surface area (Å²) in [4.78, 5) is 14.3. The van der Waals surface area contributed by atoms with Crippen LogP contribution in [-0.2, 0) is 21.1 Å². The maximum Gasteiger partial charge on any atom is 0.224 e. The molecule has 0 aromatic heterocycles. The van der Waals surface area contributed by atoms with E-state index < -0.39 is 33.3 Å². The monoisotopic (exact) mass is 418 g/mol. The second kappa shape index (κ2) is 8.02. The Morgan fingerprint density at radius 3 is 2.29 bits per heavy atom. The van der Waals surface area contributed by atoms with Gasteiger partial charge in [0, 0.05) is 36.9 Å². The van der Waals surface area contributed by atoms with Crippen molar-refractivity contribution >= 4 is 15.7 Å². The summed E-state index contributed by atoms with van der Waals surface area (Å²) in [6.07, 6.45) is 4.13. The molecule has 28 heavy (non-hydrogen) atoms. The zero-order valence-corrected chi connectivity index (χ0v) is 16.5. The highest BCUT2D eigenvalue weighted by molar-refractivity contribution is 7.90. The van der Waals surface area contributed by atoms with E-state index in [-0.39, 0.29) is 48.1 Å². The number of nitrogens with zero attached hydrogens (tertiary/aromatic N) is 1. The molecular formula is C19H25F3N2O3S. The summed E-state index contributed by atoms with van der Waals surface area (Å²) in [5.41, 5.74) is 6.31. The van der Waals surface area contributed by atoms with E-state index in [1.165, 1.54) is 0 Å². The van der Waals surface area contributed by atoms with E-state index in [0.717, 1.165) is 25.2 Å². The van der Waals surface area contributed by atoms with Gasteiger partial charge in [-0.05, 0) is 49.7 Å². The lowest BCUT2D eigenvalue weighted by atomic mass is 9.82. The minimum absolute atomic E-state index is 0.00309. The number of hydrogen-bond acceptors (Lipinski definition) is 4. The summed E-state index contributed by atoms with van der Waals surface area (Å²) in [7, 11) is -3.20. The average molecular weight is 418 g/mol. The Labute approximate surface area is 163 Å². The maximum absolute atomic E-state index is 13.9. The number of hydrogen-bond donors (Lipinski definition) is 1. The molecule has 0 spiro atoms. The lowest BCUT2D eigenvalue weighted by Gasteiger charge is -2.41. The van der Waals surface area contributed by atoms with Gasteiger partial charge in [-0.3, -0.25) is 4.79 Å². The molecule has 9 heteroatoms. The highest BCUT2D eigenvalue weighted by atomic mass is 32.2. The van der Waals surface area contributed by atoms with Gasteiger partial charge in [-0.1, -0.05) is 0 Å². The zero-order chi connectivity index (χ0) is 20.6. The van der Waals surface area contributed by atoms with Gasteiger partial charge in [0.1, 0.15) is 15.7 Å². The summed E-state index contributed by atoms with van der Waals surface area (Å²) < 4.78 is 63.1. The van der Waals surface area contributed by atoms with Crippen molar-refractivity contribution in [3.05, 3.63) is 35.1 Å². The van der Waals surface area contributed by atoms with E-state index in [4.69, 9.17) is 5.73 Å². The van der Waals surface area contributed by atoms with Crippen molar-refractivity contribution < 1.29 is 26.4 Å². The Bertz CT molecular complexity index is 848. The van der Waals surface area contributed by atoms with E-state index in [1.54, 1.807) is 4.90 Å². The van der Waals surface area contributed by atoms with Crippen LogP contribution in [0, 0.1) is 23.4 Å². The normalized spacial score (nSPS) is 25.8. The van der Waals surface area contributed by atoms with Crippen LogP contribution in [0.3, 0.4) is 0 Å². The number of piperidine rings is 1. The van der Waals surface area contributed by atoms with Crippen LogP contribution in [0.5, 0.6) is 0 Å². The molecule has 4 atom stereocenters. The zero-order valence-electron chi connectivity index (χ0n) is 15.7. The van der Waals surface area contributed by atoms with Crippen LogP contribution in [-0.4, -0.2) is 49.4 Å². The number of benzene rings is 1. The lowest BCUT2D eigenvalue weighted by molar-refractivity contribution is -0.136. The topological polar surface area (TPSA) is 80.5 Å². The number of rotatable bonds is 6. The molecule has 2 bridgehead atoms. The molecule has 0 aliphatic carbocycles. The molecule has 2 aliphatic heterocycles. The number of halogens is 3. The summed E-state index contributed by atoms with van der Waals surface area (Å²) in [6, 6.07) is 0.941. The van der Waals surface area contributed by atoms with Crippen molar-refractivity contribution in [2.75, 3.05) is 12.0 Å². The summed E-state index contributed by atoms with van der Waals surface area (Å²) >= 11 is 0. The smallest absolute Gasteiger partial charge is 0.224 e. The third kappa shape index (κ3) is 4.68. The molecule has 1 aromatic carbocycles. The Morgan fingerprint density at radius 2 is 1.71 bits per heavy atom. The first-order valence-electron chi connectivity index (χ1n) is 9.43. The van der Waals surface area contributed by atoms with E-state index in [2.05, 4.69) is 0 Å². The second-order valence-electron chi connectivity index (χ2n) is 8.02. The van der Waals surface area contributed by atoms with Gasteiger partial charge in [-0.15, -0.1) is 0 Å². The first-order valence-corrected chi connectivity index (χ1v) is 11.5. The van der Waals surface area contributed by atoms with Crippen LogP contribution in [0.2, 0.25) is 0 Å². The summed E-state index contributed by atoms with van der Waals surface area (Å²) in [5.74, 6) is -3.44. The van der Waals surface area contributed by atoms with Gasteiger partial charge in [0.05, 0.1) is 5.75 Å². The van der Waals surface area contributed by atoms with Gasteiger partial charge in [-0.25, -0.2) is 21.6 Å². The SMILES string of the molecule is CS(=O)(=O)CCC(=O)N1[C@@H]2CC[C@H]1C[C@@H]([C@H](N)Cc1cc(F)c(F)cc1F)C2. The number of nitrogens with two attached hydrogens (primary N) is 1. The fraction of sp³-hybridized carbons (Fsp3) is 0.632. The van der Waals surface area contributed by atoms with Crippen molar-refractivity contribution in [2.24, 2.45) is 11.7 Å². The summed E-state index contributed by atoms with van der Waals surface area (Å²) in [6.45, 7) is 0. The lowest BCUT2D eigenvalue weighted by Crippen LogP contribution is -2.50. The van der Waals surface area contributed by atoms with E-state index >= 15 is 0 Å². The predicted molar refractivity (Wildman–Crippen MR) is 98.7 cm³/mol. The molecule has 1 aromatic rings. The van der Waals surface area contributed by atoms with Crippen LogP contribution in [0.25, 0.3) is 0 Å². The van der Waals surface area contributed by atoms with E-state index in [1.807, 2.05) is 0 Å². The van der Waals surface area contributed by atoms with Gasteiger partial charge in [0.15, 0.2) is 11.6 Å². The van der Waals surface area contributed by atoms with E-state index in [0.29, 0.717) is 18.9 Å². The average Bonchev–Trinajstić information content (AvgIpc) is 2.86. The summed E-state index contributed by atoms with van der Waals surface area (Å²) in [5, 5.41) is 0. The maximum atomic E-state index is 13.9. The minimum Gasteiger partial charge on any atom is -0.337 e. The molecule has 2 saturated heterocycles. The second-order valence-corrected chi connectivity index (χ2v) is 10.3. The van der Waals surface area contributed by atoms with Gasteiger partial charge in [-0.2, -0.15) is 0 Å². The van der Waals surface area contributed by atoms with Crippen LogP contribution < -0.4 is 5.73 Å². The van der Waals surface area contributed by atoms with Gasteiger partial charge in [0.2, 0.25) is 5.91 Å². The number of amides is 1. The first-order chi connectivity index (χ1) is 13.0. The molecule has 0 unspecified atom stereocenters. The van der Waals surface area contributed by atoms with Crippen molar-refractivity contribution in [1.29, 1.82) is 0 Å². The molecule has 3 rings (SSSR count). The number of sulfone groups is 1. The van der Waals surface area contributed by atoms with Crippen molar-refractivity contribution in [1.82, 2.24) is 4.90 Å². The standard InChI is InChI=1S/C19H25F3N2O3S/c1-28(26,27)5-4-19(25)24-13-2-3-14(24)7-12(6-13)18(23)9-11-8-16(21)17(22)10-15(11)20/h8,10,12-14,18H,2-7,9,23H2,1H3/t12-,13+,14-,18-/m1/s1. The van der Waals surface area contributed by atoms with Crippen LogP contribution in [0.4, 0.5) is 13.2 Å². The molecule has 0 saturated carbocycles. The van der Waals surface area contributed by atoms with Crippen LogP contribution >= 0.6 is 0 Å². The molecule has 0 radical (unpaired) electrons. The van der Waals surface area contributed by atoms with Crippen LogP contribution in [0.15, 0.2) is 12.1 Å². The third-order valence-corrected chi connectivity index (χ3v) is 6.84. The third-order valence-electron chi connectivity index (χ3n) is 5.89. The molecule has 2 heterocycles. The van der Waals surface area contributed by atoms with Crippen LogP contribution in [0.1, 0.15) is 37.7 Å². The fourth-order valence-electron chi connectivity index (χ4n) is 4.52. The van der Waals surface area contributed by atoms with Crippen molar-refractivity contribution in [3.63, 3.8) is 0 Å². The fourth-order valence-corrected chi connectivity index (χ4v) is 5.06. The Balaban J connectivity index is 1.63. The molecular weight excluding hydrogens is 393 g/mol. The van der Waals surface area contributed by atoms with Gasteiger partial charge < -0.3 is 10.6 Å². The van der Waals surface area contributed by atoms with Crippen molar-refractivity contribution in [3.8, 4) is 0 Å². The Kier molecular flexibility index (Phi) is 6.05. The molecule has 1 amide bonds. The number of carbonyl (C=O) groups excluding carboxylic acids is 1. The molecule has 5 nitrogen and oxygen atoms in total. The Morgan fingerprint density at radius 1 is 1.14 bits per heavy atom. The largest absolute Gasteiger partial charge is 0.337 e. The molecule has 2 fully saturated rings. The minimum atomic E-state index is -3.20. The molecule has 2 aliphatic rings. The van der Waals surface area contributed by atoms with E-state index in [9.17, 15) is 26.4 Å². The Hall–Kier alpha value is -1.61. The number of carbonyl (C=O) groups is 1. The van der Waals surface area contributed by atoms with Gasteiger partial charge >= 0.3 is 0 Å². The number of fused-ring (bicyclic) bond motifs is 2. The first kappa shape index (κ1) is 21.1. The predicted octanol–water partition coefficient (Wildman–Crippen LogP) is 2.18. The quantitative estimate of drug-likeness (QED) is 0.718.